The van der Waals surface area contributed by atoms with Crippen LogP contribution in [0.25, 0.3) is 21.8 Å². The predicted octanol–water partition coefficient (Wildman–Crippen LogP) is 6.23. The molecule has 0 saturated carbocycles. The molecule has 43 heavy (non-hydrogen) atoms. The minimum atomic E-state index is -4.39. The second kappa shape index (κ2) is 12.8. The van der Waals surface area contributed by atoms with Crippen molar-refractivity contribution in [3.8, 4) is 0 Å². The van der Waals surface area contributed by atoms with E-state index in [0.29, 0.717) is 18.1 Å². The first-order chi connectivity index (χ1) is 20.9. The molecular formula is C32H32F3N7O. The number of hydrogen-bond donors (Lipinski definition) is 2. The van der Waals surface area contributed by atoms with Crippen molar-refractivity contribution in [1.29, 1.82) is 0 Å². The number of para-hydroxylation sites is 2. The maximum Gasteiger partial charge on any atom is 0.416 e. The Bertz CT molecular complexity index is 1730. The van der Waals surface area contributed by atoms with Crippen molar-refractivity contribution in [2.24, 2.45) is 5.10 Å². The summed E-state index contributed by atoms with van der Waals surface area (Å²) in [5.74, 6) is 1.10. The van der Waals surface area contributed by atoms with E-state index in [4.69, 9.17) is 9.72 Å². The lowest BCUT2D eigenvalue weighted by Gasteiger charge is -2.26. The molecule has 0 spiro atoms. The van der Waals surface area contributed by atoms with Crippen LogP contribution in [0, 0.1) is 0 Å². The minimum absolute atomic E-state index is 0.292. The van der Waals surface area contributed by atoms with Gasteiger partial charge in [0.25, 0.3) is 0 Å². The molecule has 8 nitrogen and oxygen atoms in total. The van der Waals surface area contributed by atoms with Gasteiger partial charge in [-0.05, 0) is 48.9 Å². The van der Waals surface area contributed by atoms with E-state index in [1.54, 1.807) is 12.3 Å². The second-order valence-electron chi connectivity index (χ2n) is 10.4. The molecule has 1 aliphatic rings. The quantitative estimate of drug-likeness (QED) is 0.115. The van der Waals surface area contributed by atoms with Crippen LogP contribution in [0.4, 0.5) is 24.9 Å². The number of hydrazone groups is 1. The van der Waals surface area contributed by atoms with Gasteiger partial charge in [0.2, 0.25) is 5.95 Å². The number of ether oxygens (including phenoxy) is 1. The van der Waals surface area contributed by atoms with Crippen molar-refractivity contribution >= 4 is 39.8 Å². The molecule has 11 heteroatoms. The summed E-state index contributed by atoms with van der Waals surface area (Å²) in [5, 5.41) is 9.75. The van der Waals surface area contributed by atoms with E-state index in [9.17, 15) is 13.2 Å². The van der Waals surface area contributed by atoms with Gasteiger partial charge in [-0.2, -0.15) is 23.3 Å². The number of anilines is 2. The Balaban J connectivity index is 1.18. The normalized spacial score (nSPS) is 14.6. The molecule has 0 bridgehead atoms. The fourth-order valence-electron chi connectivity index (χ4n) is 5.31. The zero-order valence-electron chi connectivity index (χ0n) is 23.5. The maximum absolute atomic E-state index is 13.3. The van der Waals surface area contributed by atoms with Gasteiger partial charge in [0.05, 0.1) is 30.5 Å². The number of hydrogen-bond acceptors (Lipinski definition) is 7. The highest BCUT2D eigenvalue weighted by molar-refractivity contribution is 5.99. The Morgan fingerprint density at radius 2 is 1.72 bits per heavy atom. The van der Waals surface area contributed by atoms with E-state index in [2.05, 4.69) is 25.7 Å². The van der Waals surface area contributed by atoms with E-state index in [1.165, 1.54) is 12.1 Å². The van der Waals surface area contributed by atoms with Gasteiger partial charge in [0, 0.05) is 54.2 Å². The number of halogens is 3. The molecule has 5 aromatic rings. The second-order valence-corrected chi connectivity index (χ2v) is 10.4. The van der Waals surface area contributed by atoms with Crippen molar-refractivity contribution in [3.05, 3.63) is 95.7 Å². The van der Waals surface area contributed by atoms with E-state index < -0.39 is 11.7 Å². The van der Waals surface area contributed by atoms with Gasteiger partial charge in [0.15, 0.2) is 0 Å². The molecule has 1 aliphatic heterocycles. The van der Waals surface area contributed by atoms with Crippen LogP contribution in [0.1, 0.15) is 23.1 Å². The van der Waals surface area contributed by atoms with Gasteiger partial charge < -0.3 is 14.6 Å². The molecule has 0 aliphatic carbocycles. The van der Waals surface area contributed by atoms with Crippen molar-refractivity contribution in [3.63, 3.8) is 0 Å². The zero-order valence-corrected chi connectivity index (χ0v) is 23.5. The highest BCUT2D eigenvalue weighted by Gasteiger charge is 2.30. The van der Waals surface area contributed by atoms with Crippen LogP contribution in [-0.2, 0) is 17.5 Å². The molecule has 3 aromatic carbocycles. The molecule has 222 valence electrons. The molecule has 6 rings (SSSR count). The Morgan fingerprint density at radius 1 is 0.930 bits per heavy atom. The number of morpholine rings is 1. The molecule has 0 radical (unpaired) electrons. The van der Waals surface area contributed by atoms with Gasteiger partial charge in [-0.15, -0.1) is 0 Å². The van der Waals surface area contributed by atoms with Crippen LogP contribution in [0.15, 0.2) is 84.1 Å². The number of nitrogens with one attached hydrogen (secondary N) is 2. The number of alkyl halides is 3. The average Bonchev–Trinajstić information content (AvgIpc) is 3.36. The molecular weight excluding hydrogens is 555 g/mol. The minimum Gasteiger partial charge on any atom is -0.379 e. The number of aromatic nitrogens is 3. The number of rotatable bonds is 10. The van der Waals surface area contributed by atoms with Crippen molar-refractivity contribution in [1.82, 2.24) is 19.4 Å². The number of benzene rings is 3. The monoisotopic (exact) mass is 587 g/mol. The van der Waals surface area contributed by atoms with Crippen LogP contribution >= 0.6 is 0 Å². The van der Waals surface area contributed by atoms with E-state index in [-0.39, 0.29) is 0 Å². The lowest BCUT2D eigenvalue weighted by molar-refractivity contribution is -0.137. The van der Waals surface area contributed by atoms with Gasteiger partial charge in [0.1, 0.15) is 5.82 Å². The molecule has 0 unspecified atom stereocenters. The smallest absolute Gasteiger partial charge is 0.379 e. The van der Waals surface area contributed by atoms with E-state index >= 15 is 0 Å². The lowest BCUT2D eigenvalue weighted by Crippen LogP contribution is -2.37. The van der Waals surface area contributed by atoms with Crippen LogP contribution in [-0.4, -0.2) is 65.0 Å². The largest absolute Gasteiger partial charge is 0.416 e. The summed E-state index contributed by atoms with van der Waals surface area (Å²) in [6, 6.07) is 21.0. The summed E-state index contributed by atoms with van der Waals surface area (Å²) < 4.78 is 47.1. The Morgan fingerprint density at radius 3 is 2.56 bits per heavy atom. The van der Waals surface area contributed by atoms with Gasteiger partial charge in [-0.1, -0.05) is 42.5 Å². The number of nitrogens with zero attached hydrogens (tertiary/aromatic N) is 5. The predicted molar refractivity (Wildman–Crippen MR) is 164 cm³/mol. The van der Waals surface area contributed by atoms with Gasteiger partial charge in [-0.25, -0.2) is 10.4 Å². The van der Waals surface area contributed by atoms with Crippen LogP contribution < -0.4 is 10.7 Å². The van der Waals surface area contributed by atoms with Gasteiger partial charge >= 0.3 is 6.18 Å². The summed E-state index contributed by atoms with van der Waals surface area (Å²) in [4.78, 5) is 11.7. The van der Waals surface area contributed by atoms with E-state index in [0.717, 1.165) is 85.1 Å². The van der Waals surface area contributed by atoms with Crippen molar-refractivity contribution in [2.75, 3.05) is 50.1 Å². The topological polar surface area (TPSA) is 79.6 Å². The zero-order chi connectivity index (χ0) is 29.6. The third-order valence-corrected chi connectivity index (χ3v) is 7.45. The summed E-state index contributed by atoms with van der Waals surface area (Å²) in [7, 11) is 0. The van der Waals surface area contributed by atoms with Gasteiger partial charge in [-0.3, -0.25) is 4.90 Å². The van der Waals surface area contributed by atoms with Crippen molar-refractivity contribution < 1.29 is 17.9 Å². The fraction of sp³-hybridized carbons (Fsp3) is 0.281. The summed E-state index contributed by atoms with van der Waals surface area (Å²) in [6.45, 7) is 5.56. The highest BCUT2D eigenvalue weighted by atomic mass is 19.4. The Hall–Kier alpha value is -4.48. The third kappa shape index (κ3) is 6.95. The lowest BCUT2D eigenvalue weighted by atomic mass is 10.1. The molecule has 1 fully saturated rings. The number of fused-ring (bicyclic) bond motifs is 2. The summed E-state index contributed by atoms with van der Waals surface area (Å²) in [5.41, 5.74) is 5.38. The van der Waals surface area contributed by atoms with Crippen molar-refractivity contribution in [2.45, 2.75) is 19.1 Å². The average molecular weight is 588 g/mol. The molecule has 0 atom stereocenters. The molecule has 2 aromatic heterocycles. The summed E-state index contributed by atoms with van der Waals surface area (Å²) >= 11 is 0. The fourth-order valence-corrected chi connectivity index (χ4v) is 5.31. The molecule has 2 N–H and O–H groups in total. The Kier molecular flexibility index (Phi) is 8.52. The first-order valence-electron chi connectivity index (χ1n) is 14.3. The molecule has 1 saturated heterocycles. The van der Waals surface area contributed by atoms with Crippen LogP contribution in [0.5, 0.6) is 0 Å². The highest BCUT2D eigenvalue weighted by Crippen LogP contribution is 2.30. The SMILES string of the molecule is FC(F)(F)c1cccc(Cn2cc(/C=N/Nc3nc(NCCCN4CCOCC4)c4ccccc4n3)c3ccccc32)c1. The Labute approximate surface area is 247 Å². The molecule has 0 amide bonds. The standard InChI is InChI=1S/C32H32F3N7O/c33-32(34,35)25-8-5-7-23(19-25)21-42-22-24(26-9-2-4-12-29(26)42)20-37-40-31-38-28-11-3-1-10-27(28)30(39-31)36-13-6-14-41-15-17-43-18-16-41/h1-5,7-12,19-20,22H,6,13-18,21H2,(H2,36,38,39,40)/b37-20+. The third-order valence-electron chi connectivity index (χ3n) is 7.45. The maximum atomic E-state index is 13.3. The van der Waals surface area contributed by atoms with E-state index in [1.807, 2.05) is 59.3 Å². The summed E-state index contributed by atoms with van der Waals surface area (Å²) in [6.07, 6.45) is 0.156. The first-order valence-corrected chi connectivity index (χ1v) is 14.3. The molecule has 3 heterocycles. The van der Waals surface area contributed by atoms with Crippen LogP contribution in [0.3, 0.4) is 0 Å². The first kappa shape index (κ1) is 28.6. The van der Waals surface area contributed by atoms with Crippen LogP contribution in [0.2, 0.25) is 0 Å².